The van der Waals surface area contributed by atoms with E-state index in [2.05, 4.69) is 4.72 Å². The first-order valence-electron chi connectivity index (χ1n) is 5.15. The molecule has 1 aromatic heterocycles. The molecule has 0 saturated carbocycles. The molecule has 0 aromatic carbocycles. The van der Waals surface area contributed by atoms with Gasteiger partial charge in [-0.2, -0.15) is 0 Å². The third kappa shape index (κ3) is 3.64. The van der Waals surface area contributed by atoms with Gasteiger partial charge in [0.25, 0.3) is 0 Å². The summed E-state index contributed by atoms with van der Waals surface area (Å²) in [6.45, 7) is 9.90. The number of aryl methyl sites for hydroxylation is 1. The van der Waals surface area contributed by atoms with Gasteiger partial charge in [0, 0.05) is 16.2 Å². The molecule has 1 rings (SSSR count). The van der Waals surface area contributed by atoms with E-state index in [0.717, 1.165) is 14.8 Å². The summed E-state index contributed by atoms with van der Waals surface area (Å²) >= 11 is 6.44. The SMILES string of the molecule is Cc1cc(Cl)sc1[C@H](C)N[S+]([O-])C(C)(C)C. The molecule has 0 amide bonds. The number of nitrogens with one attached hydrogen (secondary N) is 1. The normalized spacial score (nSPS) is 16.2. The van der Waals surface area contributed by atoms with Crippen LogP contribution < -0.4 is 4.72 Å². The van der Waals surface area contributed by atoms with Crippen molar-refractivity contribution in [3.05, 3.63) is 20.8 Å². The van der Waals surface area contributed by atoms with E-state index in [9.17, 15) is 4.55 Å². The monoisotopic (exact) mass is 279 g/mol. The Morgan fingerprint density at radius 3 is 2.44 bits per heavy atom. The maximum Gasteiger partial charge on any atom is 0.136 e. The maximum atomic E-state index is 11.9. The number of hydrogen-bond acceptors (Lipinski definition) is 3. The Kier molecular flexibility index (Phi) is 4.72. The minimum atomic E-state index is -1.05. The molecule has 5 heteroatoms. The summed E-state index contributed by atoms with van der Waals surface area (Å²) in [5, 5.41) is 0. The van der Waals surface area contributed by atoms with Gasteiger partial charge in [0.05, 0.1) is 10.4 Å². The highest BCUT2D eigenvalue weighted by Crippen LogP contribution is 2.32. The summed E-state index contributed by atoms with van der Waals surface area (Å²) in [7, 11) is 0. The molecule has 0 spiro atoms. The lowest BCUT2D eigenvalue weighted by molar-refractivity contribution is 0.532. The van der Waals surface area contributed by atoms with Crippen molar-refractivity contribution in [2.24, 2.45) is 0 Å². The van der Waals surface area contributed by atoms with Crippen molar-refractivity contribution in [3.63, 3.8) is 0 Å². The fourth-order valence-corrected chi connectivity index (χ4v) is 3.46. The molecule has 0 saturated heterocycles. The van der Waals surface area contributed by atoms with Crippen molar-refractivity contribution in [2.45, 2.75) is 45.4 Å². The zero-order valence-corrected chi connectivity index (χ0v) is 12.6. The van der Waals surface area contributed by atoms with Crippen molar-refractivity contribution in [3.8, 4) is 0 Å². The maximum absolute atomic E-state index is 11.9. The van der Waals surface area contributed by atoms with E-state index >= 15 is 0 Å². The first-order chi connectivity index (χ1) is 7.21. The van der Waals surface area contributed by atoms with Crippen molar-refractivity contribution < 1.29 is 4.55 Å². The molecule has 1 aromatic rings. The molecule has 0 radical (unpaired) electrons. The van der Waals surface area contributed by atoms with E-state index in [4.69, 9.17) is 11.6 Å². The van der Waals surface area contributed by atoms with E-state index in [0.29, 0.717) is 0 Å². The van der Waals surface area contributed by atoms with Crippen LogP contribution in [0.4, 0.5) is 0 Å². The third-order valence-electron chi connectivity index (χ3n) is 2.16. The van der Waals surface area contributed by atoms with E-state index in [-0.39, 0.29) is 10.8 Å². The molecule has 2 nitrogen and oxygen atoms in total. The molecule has 0 aliphatic carbocycles. The highest BCUT2D eigenvalue weighted by molar-refractivity contribution is 7.90. The van der Waals surface area contributed by atoms with Gasteiger partial charge in [-0.15, -0.1) is 16.1 Å². The summed E-state index contributed by atoms with van der Waals surface area (Å²) in [5.41, 5.74) is 1.15. The van der Waals surface area contributed by atoms with Crippen LogP contribution >= 0.6 is 22.9 Å². The average Bonchev–Trinajstić information content (AvgIpc) is 2.43. The molecule has 92 valence electrons. The molecule has 0 fully saturated rings. The Morgan fingerprint density at radius 1 is 1.50 bits per heavy atom. The van der Waals surface area contributed by atoms with Crippen LogP contribution in [0.5, 0.6) is 0 Å². The molecule has 0 aliphatic heterocycles. The van der Waals surface area contributed by atoms with Crippen LogP contribution in [-0.4, -0.2) is 9.30 Å². The number of halogens is 1. The molecule has 0 aliphatic rings. The molecular formula is C11H18ClNOS2. The molecule has 1 N–H and O–H groups in total. The van der Waals surface area contributed by atoms with Gasteiger partial charge in [0.2, 0.25) is 0 Å². The number of rotatable bonds is 3. The molecule has 2 atom stereocenters. The lowest BCUT2D eigenvalue weighted by Gasteiger charge is -2.26. The van der Waals surface area contributed by atoms with Crippen LogP contribution in [0.1, 0.15) is 44.2 Å². The smallest absolute Gasteiger partial charge is 0.136 e. The van der Waals surface area contributed by atoms with Crippen molar-refractivity contribution in [2.75, 3.05) is 0 Å². The van der Waals surface area contributed by atoms with E-state index in [1.165, 1.54) is 0 Å². The fourth-order valence-electron chi connectivity index (χ4n) is 1.28. The first-order valence-corrected chi connectivity index (χ1v) is 7.50. The third-order valence-corrected chi connectivity index (χ3v) is 5.39. The second kappa shape index (κ2) is 5.27. The predicted molar refractivity (Wildman–Crippen MR) is 73.5 cm³/mol. The second-order valence-corrected chi connectivity index (χ2v) is 8.53. The van der Waals surface area contributed by atoms with Crippen LogP contribution in [0.15, 0.2) is 6.07 Å². The Morgan fingerprint density at radius 2 is 2.06 bits per heavy atom. The van der Waals surface area contributed by atoms with Gasteiger partial charge in [0.1, 0.15) is 4.75 Å². The zero-order valence-electron chi connectivity index (χ0n) is 10.3. The largest absolute Gasteiger partial charge is 0.598 e. The fraction of sp³-hybridized carbons (Fsp3) is 0.636. The Bertz CT molecular complexity index is 359. The molecule has 1 unspecified atom stereocenters. The predicted octanol–water partition coefficient (Wildman–Crippen LogP) is 3.82. The number of thiophene rings is 1. The lowest BCUT2D eigenvalue weighted by atomic mass is 10.2. The van der Waals surface area contributed by atoms with E-state index in [1.54, 1.807) is 11.3 Å². The van der Waals surface area contributed by atoms with Crippen molar-refractivity contribution in [1.29, 1.82) is 0 Å². The zero-order chi connectivity index (χ0) is 12.5. The summed E-state index contributed by atoms with van der Waals surface area (Å²) in [4.78, 5) is 1.16. The van der Waals surface area contributed by atoms with Gasteiger partial charge in [-0.1, -0.05) is 11.6 Å². The van der Waals surface area contributed by atoms with Crippen LogP contribution in [0.25, 0.3) is 0 Å². The Balaban J connectivity index is 2.73. The average molecular weight is 280 g/mol. The summed E-state index contributed by atoms with van der Waals surface area (Å²) < 4.78 is 15.6. The summed E-state index contributed by atoms with van der Waals surface area (Å²) in [5.74, 6) is 0. The Hall–Kier alpha value is 0.260. The first kappa shape index (κ1) is 14.3. The highest BCUT2D eigenvalue weighted by Gasteiger charge is 2.29. The van der Waals surface area contributed by atoms with Gasteiger partial charge in [0.15, 0.2) is 0 Å². The molecule has 1 heterocycles. The summed E-state index contributed by atoms with van der Waals surface area (Å²) in [6.07, 6.45) is 0. The van der Waals surface area contributed by atoms with Gasteiger partial charge >= 0.3 is 0 Å². The minimum absolute atomic E-state index is 0.0672. The lowest BCUT2D eigenvalue weighted by Crippen LogP contribution is -2.40. The van der Waals surface area contributed by atoms with Crippen molar-refractivity contribution in [1.82, 2.24) is 4.72 Å². The second-order valence-electron chi connectivity index (χ2n) is 4.82. The molecule has 0 bridgehead atoms. The minimum Gasteiger partial charge on any atom is -0.598 e. The highest BCUT2D eigenvalue weighted by atomic mass is 35.5. The molecule has 16 heavy (non-hydrogen) atoms. The topological polar surface area (TPSA) is 35.1 Å². The van der Waals surface area contributed by atoms with Crippen LogP contribution in [0, 0.1) is 6.92 Å². The van der Waals surface area contributed by atoms with Crippen molar-refractivity contribution >= 4 is 34.3 Å². The quantitative estimate of drug-likeness (QED) is 0.854. The van der Waals surface area contributed by atoms with Gasteiger partial charge in [-0.3, -0.25) is 0 Å². The van der Waals surface area contributed by atoms with Gasteiger partial charge in [-0.25, -0.2) is 0 Å². The molecular weight excluding hydrogens is 262 g/mol. The van der Waals surface area contributed by atoms with Crippen LogP contribution in [0.3, 0.4) is 0 Å². The van der Waals surface area contributed by atoms with E-state index in [1.807, 2.05) is 40.7 Å². The van der Waals surface area contributed by atoms with E-state index < -0.39 is 11.4 Å². The summed E-state index contributed by atoms with van der Waals surface area (Å²) in [6, 6.07) is 2.01. The number of hydrogen-bond donors (Lipinski definition) is 1. The standard InChI is InChI=1S/C11H18ClNOS2/c1-7-6-9(12)15-10(7)8(2)13-16(14)11(3,4)5/h6,8,13H,1-5H3/t8-,16?/m0/s1. The van der Waals surface area contributed by atoms with Gasteiger partial charge < -0.3 is 4.55 Å². The Labute approximate surface area is 110 Å². The van der Waals surface area contributed by atoms with Crippen LogP contribution in [-0.2, 0) is 11.4 Å². The van der Waals surface area contributed by atoms with Crippen LogP contribution in [0.2, 0.25) is 4.34 Å². The van der Waals surface area contributed by atoms with Gasteiger partial charge in [-0.05, 0) is 46.2 Å².